The van der Waals surface area contributed by atoms with Crippen LogP contribution in [-0.2, 0) is 4.79 Å². The van der Waals surface area contributed by atoms with Crippen LogP contribution in [0.15, 0.2) is 53.4 Å². The predicted molar refractivity (Wildman–Crippen MR) is 80.7 cm³/mol. The topological polar surface area (TPSA) is 72.2 Å². The second kappa shape index (κ2) is 6.90. The van der Waals surface area contributed by atoms with Crippen LogP contribution in [0.3, 0.4) is 0 Å². The van der Waals surface area contributed by atoms with Crippen LogP contribution >= 0.6 is 11.8 Å². The predicted octanol–water partition coefficient (Wildman–Crippen LogP) is 2.66. The zero-order chi connectivity index (χ0) is 15.2. The number of carbonyl (C=O) groups is 2. The maximum Gasteiger partial charge on any atom is 0.258 e. The molecule has 4 nitrogen and oxygen atoms in total. The highest BCUT2D eigenvalue weighted by atomic mass is 32.2. The fraction of sp³-hybridized carbons (Fsp3) is 0.0667. The number of carbonyl (C=O) groups excluding carboxylic acids is 2. The molecule has 0 aliphatic heterocycles. The van der Waals surface area contributed by atoms with E-state index in [0.717, 1.165) is 0 Å². The lowest BCUT2D eigenvalue weighted by Gasteiger charge is -2.10. The van der Waals surface area contributed by atoms with E-state index in [9.17, 15) is 14.0 Å². The number of para-hydroxylation sites is 1. The van der Waals surface area contributed by atoms with E-state index in [-0.39, 0.29) is 11.3 Å². The van der Waals surface area contributed by atoms with Gasteiger partial charge in [0.2, 0.25) is 5.91 Å². The Bertz CT molecular complexity index is 676. The van der Waals surface area contributed by atoms with Crippen molar-refractivity contribution in [3.63, 3.8) is 0 Å². The van der Waals surface area contributed by atoms with Crippen LogP contribution in [-0.4, -0.2) is 17.6 Å². The molecule has 6 heteroatoms. The summed E-state index contributed by atoms with van der Waals surface area (Å²) >= 11 is 1.21. The lowest BCUT2D eigenvalue weighted by atomic mass is 10.2. The summed E-state index contributed by atoms with van der Waals surface area (Å²) in [4.78, 5) is 23.6. The fourth-order valence-corrected chi connectivity index (χ4v) is 2.43. The molecule has 0 unspecified atom stereocenters. The van der Waals surface area contributed by atoms with Crippen molar-refractivity contribution in [2.45, 2.75) is 4.90 Å². The smallest absolute Gasteiger partial charge is 0.258 e. The third-order valence-electron chi connectivity index (χ3n) is 2.62. The highest BCUT2D eigenvalue weighted by Crippen LogP contribution is 2.27. The molecular formula is C15H13FN2O2S. The molecule has 2 aromatic carbocycles. The standard InChI is InChI=1S/C15H13FN2O2S/c16-11-6-2-1-5-10(11)15(20)18-12-7-3-4-8-13(12)21-9-14(17)19/h1-8H,9H2,(H2,17,19)(H,18,20). The number of thioether (sulfide) groups is 1. The molecule has 0 aliphatic rings. The number of rotatable bonds is 5. The van der Waals surface area contributed by atoms with Gasteiger partial charge >= 0.3 is 0 Å². The first-order valence-electron chi connectivity index (χ1n) is 6.14. The Hall–Kier alpha value is -2.34. The first kappa shape index (κ1) is 15.1. The zero-order valence-electron chi connectivity index (χ0n) is 11.0. The number of nitrogens with one attached hydrogen (secondary N) is 1. The number of nitrogens with two attached hydrogens (primary N) is 1. The Morgan fingerprint density at radius 1 is 1.10 bits per heavy atom. The number of halogens is 1. The molecule has 0 fully saturated rings. The van der Waals surface area contributed by atoms with E-state index >= 15 is 0 Å². The van der Waals surface area contributed by atoms with Gasteiger partial charge in [0, 0.05) is 4.90 Å². The van der Waals surface area contributed by atoms with Gasteiger partial charge in [-0.2, -0.15) is 0 Å². The number of amides is 2. The number of hydrogen-bond donors (Lipinski definition) is 2. The van der Waals surface area contributed by atoms with E-state index in [1.807, 2.05) is 0 Å². The summed E-state index contributed by atoms with van der Waals surface area (Å²) in [6, 6.07) is 12.7. The van der Waals surface area contributed by atoms with Gasteiger partial charge in [0.25, 0.3) is 5.91 Å². The second-order valence-corrected chi connectivity index (χ2v) is 5.20. The summed E-state index contributed by atoms with van der Waals surface area (Å²) in [6.07, 6.45) is 0. The third kappa shape index (κ3) is 4.06. The van der Waals surface area contributed by atoms with E-state index < -0.39 is 17.6 Å². The fourth-order valence-electron chi connectivity index (χ4n) is 1.68. The Morgan fingerprint density at radius 2 is 1.76 bits per heavy atom. The lowest BCUT2D eigenvalue weighted by molar-refractivity contribution is -0.115. The SMILES string of the molecule is NC(=O)CSc1ccccc1NC(=O)c1ccccc1F. The van der Waals surface area contributed by atoms with Gasteiger partial charge < -0.3 is 11.1 Å². The first-order valence-corrected chi connectivity index (χ1v) is 7.12. The molecule has 2 rings (SSSR count). The molecule has 0 aliphatic carbocycles. The molecule has 0 spiro atoms. The lowest BCUT2D eigenvalue weighted by Crippen LogP contribution is -2.15. The molecule has 0 atom stereocenters. The molecule has 0 radical (unpaired) electrons. The summed E-state index contributed by atoms with van der Waals surface area (Å²) < 4.78 is 13.6. The molecule has 0 heterocycles. The van der Waals surface area contributed by atoms with Gasteiger partial charge in [-0.15, -0.1) is 11.8 Å². The van der Waals surface area contributed by atoms with E-state index in [1.54, 1.807) is 30.3 Å². The molecule has 21 heavy (non-hydrogen) atoms. The minimum Gasteiger partial charge on any atom is -0.369 e. The minimum atomic E-state index is -0.586. The van der Waals surface area contributed by atoms with E-state index in [0.29, 0.717) is 10.6 Å². The van der Waals surface area contributed by atoms with Gasteiger partial charge in [-0.25, -0.2) is 4.39 Å². The van der Waals surface area contributed by atoms with Gasteiger partial charge in [0.1, 0.15) is 5.82 Å². The molecule has 0 saturated heterocycles. The molecule has 0 bridgehead atoms. The number of benzene rings is 2. The van der Waals surface area contributed by atoms with Crippen LogP contribution in [0, 0.1) is 5.82 Å². The van der Waals surface area contributed by atoms with Crippen LogP contribution in [0.2, 0.25) is 0 Å². The van der Waals surface area contributed by atoms with Crippen molar-refractivity contribution in [1.82, 2.24) is 0 Å². The number of anilines is 1. The minimum absolute atomic E-state index is 0.0350. The average Bonchev–Trinajstić information content (AvgIpc) is 2.46. The van der Waals surface area contributed by atoms with Gasteiger partial charge in [-0.05, 0) is 24.3 Å². The largest absolute Gasteiger partial charge is 0.369 e. The summed E-state index contributed by atoms with van der Waals surface area (Å²) in [5.41, 5.74) is 5.58. The summed E-state index contributed by atoms with van der Waals surface area (Å²) in [6.45, 7) is 0. The van der Waals surface area contributed by atoms with E-state index in [4.69, 9.17) is 5.73 Å². The monoisotopic (exact) mass is 304 g/mol. The van der Waals surface area contributed by atoms with Crippen molar-refractivity contribution < 1.29 is 14.0 Å². The Balaban J connectivity index is 2.18. The normalized spacial score (nSPS) is 10.1. The van der Waals surface area contributed by atoms with Crippen molar-refractivity contribution in [2.24, 2.45) is 5.73 Å². The second-order valence-electron chi connectivity index (χ2n) is 4.19. The zero-order valence-corrected chi connectivity index (χ0v) is 11.8. The first-order chi connectivity index (χ1) is 10.1. The Labute approximate surface area is 125 Å². The molecule has 2 amide bonds. The maximum absolute atomic E-state index is 13.6. The highest BCUT2D eigenvalue weighted by Gasteiger charge is 2.13. The molecule has 3 N–H and O–H groups in total. The Morgan fingerprint density at radius 3 is 2.48 bits per heavy atom. The van der Waals surface area contributed by atoms with Crippen LogP contribution in [0.5, 0.6) is 0 Å². The Kier molecular flexibility index (Phi) is 4.94. The highest BCUT2D eigenvalue weighted by molar-refractivity contribution is 8.00. The third-order valence-corrected chi connectivity index (χ3v) is 3.72. The van der Waals surface area contributed by atoms with Gasteiger partial charge in [-0.3, -0.25) is 9.59 Å². The van der Waals surface area contributed by atoms with Crippen LogP contribution < -0.4 is 11.1 Å². The van der Waals surface area contributed by atoms with E-state index in [2.05, 4.69) is 5.32 Å². The molecule has 0 saturated carbocycles. The van der Waals surface area contributed by atoms with E-state index in [1.165, 1.54) is 30.0 Å². The van der Waals surface area contributed by atoms with Crippen molar-refractivity contribution in [2.75, 3.05) is 11.1 Å². The van der Waals surface area contributed by atoms with Crippen LogP contribution in [0.25, 0.3) is 0 Å². The average molecular weight is 304 g/mol. The summed E-state index contributed by atoms with van der Waals surface area (Å²) in [7, 11) is 0. The number of hydrogen-bond acceptors (Lipinski definition) is 3. The van der Waals surface area contributed by atoms with Crippen molar-refractivity contribution >= 4 is 29.3 Å². The summed E-state index contributed by atoms with van der Waals surface area (Å²) in [5, 5.41) is 2.64. The van der Waals surface area contributed by atoms with Crippen molar-refractivity contribution in [1.29, 1.82) is 0 Å². The maximum atomic E-state index is 13.6. The van der Waals surface area contributed by atoms with Crippen LogP contribution in [0.1, 0.15) is 10.4 Å². The van der Waals surface area contributed by atoms with Crippen molar-refractivity contribution in [3.05, 3.63) is 59.9 Å². The quantitative estimate of drug-likeness (QED) is 0.834. The van der Waals surface area contributed by atoms with Gasteiger partial charge in [0.05, 0.1) is 17.0 Å². The molecule has 2 aromatic rings. The van der Waals surface area contributed by atoms with Crippen molar-refractivity contribution in [3.8, 4) is 0 Å². The molecule has 108 valence electrons. The van der Waals surface area contributed by atoms with Gasteiger partial charge in [0.15, 0.2) is 0 Å². The summed E-state index contributed by atoms with van der Waals surface area (Å²) in [5.74, 6) is -1.47. The molecular weight excluding hydrogens is 291 g/mol. The number of primary amides is 1. The van der Waals surface area contributed by atoms with Crippen LogP contribution in [0.4, 0.5) is 10.1 Å². The molecule has 0 aromatic heterocycles. The van der Waals surface area contributed by atoms with Gasteiger partial charge in [-0.1, -0.05) is 24.3 Å².